The zero-order valence-electron chi connectivity index (χ0n) is 10.4. The minimum absolute atomic E-state index is 0.259. The Hall–Kier alpha value is -0.390. The average Bonchev–Trinajstić information content (AvgIpc) is 2.28. The third-order valence-corrected chi connectivity index (χ3v) is 3.34. The van der Waals surface area contributed by atoms with Gasteiger partial charge in [0, 0.05) is 18.8 Å². The Labute approximate surface area is 116 Å². The molecule has 0 unspecified atom stereocenters. The van der Waals surface area contributed by atoms with Gasteiger partial charge < -0.3 is 10.2 Å². The van der Waals surface area contributed by atoms with E-state index in [1.165, 1.54) is 0 Å². The molecule has 4 nitrogen and oxygen atoms in total. The van der Waals surface area contributed by atoms with Crippen LogP contribution in [0.25, 0.3) is 0 Å². The van der Waals surface area contributed by atoms with Gasteiger partial charge in [-0.1, -0.05) is 0 Å². The molecular weight excluding hydrogens is 304 g/mol. The van der Waals surface area contributed by atoms with Crippen LogP contribution in [0.15, 0.2) is 10.7 Å². The summed E-state index contributed by atoms with van der Waals surface area (Å²) in [5.41, 5.74) is 0. The van der Waals surface area contributed by atoms with E-state index in [1.807, 2.05) is 0 Å². The number of nitrogens with zero attached hydrogens (tertiary/aromatic N) is 3. The Balaban J connectivity index is 2.33. The van der Waals surface area contributed by atoms with Crippen LogP contribution in [-0.2, 0) is 0 Å². The molecule has 0 aliphatic rings. The number of anilines is 1. The van der Waals surface area contributed by atoms with Crippen molar-refractivity contribution >= 4 is 33.3 Å². The highest BCUT2D eigenvalue weighted by Crippen LogP contribution is 2.19. The number of hydrogen-bond donors (Lipinski definition) is 1. The zero-order valence-corrected chi connectivity index (χ0v) is 12.7. The molecule has 1 rings (SSSR count). The van der Waals surface area contributed by atoms with Crippen molar-refractivity contribution in [2.75, 3.05) is 25.5 Å². The second kappa shape index (κ2) is 7.13. The van der Waals surface area contributed by atoms with Crippen LogP contribution < -0.4 is 5.32 Å². The molecule has 1 heterocycles. The van der Waals surface area contributed by atoms with Crippen LogP contribution in [0.5, 0.6) is 0 Å². The van der Waals surface area contributed by atoms with E-state index in [2.05, 4.69) is 57.0 Å². The van der Waals surface area contributed by atoms with E-state index < -0.39 is 0 Å². The molecular formula is C11H18BrClN4. The Morgan fingerprint density at radius 3 is 2.88 bits per heavy atom. The van der Waals surface area contributed by atoms with Gasteiger partial charge in [-0.05, 0) is 61.4 Å². The van der Waals surface area contributed by atoms with E-state index in [0.717, 1.165) is 29.8 Å². The normalized spacial score (nSPS) is 11.2. The maximum Gasteiger partial charge on any atom is 0.224 e. The Kier molecular flexibility index (Phi) is 6.16. The fraction of sp³-hybridized carbons (Fsp3) is 0.636. The molecule has 0 aliphatic carbocycles. The van der Waals surface area contributed by atoms with E-state index in [-0.39, 0.29) is 5.28 Å². The maximum absolute atomic E-state index is 5.73. The number of rotatable bonds is 6. The summed E-state index contributed by atoms with van der Waals surface area (Å²) >= 11 is 9.11. The third-order valence-electron chi connectivity index (χ3n) is 2.58. The van der Waals surface area contributed by atoms with Gasteiger partial charge in [-0.3, -0.25) is 0 Å². The molecule has 0 radical (unpaired) electrons. The maximum atomic E-state index is 5.73. The average molecular weight is 322 g/mol. The second-order valence-corrected chi connectivity index (χ2v) is 5.38. The lowest BCUT2D eigenvalue weighted by molar-refractivity contribution is 0.273. The predicted molar refractivity (Wildman–Crippen MR) is 75.6 cm³/mol. The second-order valence-electron chi connectivity index (χ2n) is 4.19. The van der Waals surface area contributed by atoms with E-state index in [9.17, 15) is 0 Å². The highest BCUT2D eigenvalue weighted by atomic mass is 79.9. The smallest absolute Gasteiger partial charge is 0.224 e. The molecule has 6 heteroatoms. The largest absolute Gasteiger partial charge is 0.369 e. The molecule has 1 aromatic rings. The number of nitrogens with one attached hydrogen (secondary N) is 1. The van der Waals surface area contributed by atoms with Crippen LogP contribution in [0.1, 0.15) is 20.3 Å². The number of aromatic nitrogens is 2. The van der Waals surface area contributed by atoms with Gasteiger partial charge in [0.05, 0.1) is 4.47 Å². The summed E-state index contributed by atoms with van der Waals surface area (Å²) < 4.78 is 0.833. The summed E-state index contributed by atoms with van der Waals surface area (Å²) in [6.45, 7) is 6.30. The summed E-state index contributed by atoms with van der Waals surface area (Å²) in [6, 6.07) is 0.579. The summed E-state index contributed by atoms with van der Waals surface area (Å²) in [5.74, 6) is 0.747. The summed E-state index contributed by atoms with van der Waals surface area (Å²) in [6.07, 6.45) is 2.71. The topological polar surface area (TPSA) is 41.0 Å². The van der Waals surface area contributed by atoms with Crippen molar-refractivity contribution in [3.63, 3.8) is 0 Å². The van der Waals surface area contributed by atoms with Crippen LogP contribution in [0.4, 0.5) is 5.82 Å². The third kappa shape index (κ3) is 5.19. The fourth-order valence-corrected chi connectivity index (χ4v) is 1.73. The van der Waals surface area contributed by atoms with Gasteiger partial charge in [0.1, 0.15) is 5.82 Å². The molecule has 0 aromatic carbocycles. The lowest BCUT2D eigenvalue weighted by Crippen LogP contribution is -2.28. The summed E-state index contributed by atoms with van der Waals surface area (Å²) in [7, 11) is 2.13. The van der Waals surface area contributed by atoms with Crippen LogP contribution in [0, 0.1) is 0 Å². The molecule has 1 aromatic heterocycles. The Bertz CT molecular complexity index is 359. The Morgan fingerprint density at radius 1 is 1.53 bits per heavy atom. The van der Waals surface area contributed by atoms with Crippen molar-refractivity contribution in [1.29, 1.82) is 0 Å². The quantitative estimate of drug-likeness (QED) is 0.646. The highest BCUT2D eigenvalue weighted by Gasteiger charge is 2.04. The zero-order chi connectivity index (χ0) is 12.8. The van der Waals surface area contributed by atoms with Crippen molar-refractivity contribution in [2.24, 2.45) is 0 Å². The molecule has 0 saturated heterocycles. The molecule has 17 heavy (non-hydrogen) atoms. The molecule has 0 spiro atoms. The van der Waals surface area contributed by atoms with Gasteiger partial charge >= 0.3 is 0 Å². The standard InChI is InChI=1S/C11H18BrClN4/c1-8(2)17(3)6-4-5-14-10-9(12)7-15-11(13)16-10/h7-8H,4-6H2,1-3H3,(H,14,15,16). The van der Waals surface area contributed by atoms with E-state index in [4.69, 9.17) is 11.6 Å². The van der Waals surface area contributed by atoms with Crippen molar-refractivity contribution in [2.45, 2.75) is 26.3 Å². The number of hydrogen-bond acceptors (Lipinski definition) is 4. The first-order valence-electron chi connectivity index (χ1n) is 5.63. The lowest BCUT2D eigenvalue weighted by Gasteiger charge is -2.20. The molecule has 0 fully saturated rings. The van der Waals surface area contributed by atoms with Crippen LogP contribution in [0.2, 0.25) is 5.28 Å². The lowest BCUT2D eigenvalue weighted by atomic mass is 10.3. The molecule has 0 bridgehead atoms. The molecule has 0 aliphatic heterocycles. The van der Waals surface area contributed by atoms with Gasteiger partial charge in [0.15, 0.2) is 0 Å². The first-order chi connectivity index (χ1) is 8.00. The fourth-order valence-electron chi connectivity index (χ4n) is 1.26. The predicted octanol–water partition coefficient (Wildman–Crippen LogP) is 3.03. The SMILES string of the molecule is CC(C)N(C)CCCNc1nc(Cl)ncc1Br. The highest BCUT2D eigenvalue weighted by molar-refractivity contribution is 9.10. The molecule has 0 atom stereocenters. The van der Waals surface area contributed by atoms with Gasteiger partial charge in [-0.25, -0.2) is 4.98 Å². The van der Waals surface area contributed by atoms with Crippen LogP contribution in [-0.4, -0.2) is 41.0 Å². The minimum Gasteiger partial charge on any atom is -0.369 e. The first-order valence-corrected chi connectivity index (χ1v) is 6.80. The monoisotopic (exact) mass is 320 g/mol. The van der Waals surface area contributed by atoms with Crippen molar-refractivity contribution < 1.29 is 0 Å². The first kappa shape index (κ1) is 14.7. The number of halogens is 2. The van der Waals surface area contributed by atoms with Crippen molar-refractivity contribution in [3.05, 3.63) is 16.0 Å². The van der Waals surface area contributed by atoms with E-state index in [0.29, 0.717) is 6.04 Å². The molecule has 0 saturated carbocycles. The van der Waals surface area contributed by atoms with Crippen molar-refractivity contribution in [3.8, 4) is 0 Å². The molecule has 0 amide bonds. The van der Waals surface area contributed by atoms with Gasteiger partial charge in [-0.2, -0.15) is 4.98 Å². The van der Waals surface area contributed by atoms with E-state index in [1.54, 1.807) is 6.20 Å². The van der Waals surface area contributed by atoms with Crippen LogP contribution in [0.3, 0.4) is 0 Å². The summed E-state index contributed by atoms with van der Waals surface area (Å²) in [4.78, 5) is 10.3. The van der Waals surface area contributed by atoms with Crippen molar-refractivity contribution in [1.82, 2.24) is 14.9 Å². The Morgan fingerprint density at radius 2 is 2.24 bits per heavy atom. The molecule has 1 N–H and O–H groups in total. The minimum atomic E-state index is 0.259. The summed E-state index contributed by atoms with van der Waals surface area (Å²) in [5, 5.41) is 3.50. The van der Waals surface area contributed by atoms with E-state index >= 15 is 0 Å². The molecule has 96 valence electrons. The van der Waals surface area contributed by atoms with Gasteiger partial charge in [0.25, 0.3) is 0 Å². The van der Waals surface area contributed by atoms with Gasteiger partial charge in [-0.15, -0.1) is 0 Å². The van der Waals surface area contributed by atoms with Gasteiger partial charge in [0.2, 0.25) is 5.28 Å². The van der Waals surface area contributed by atoms with Crippen LogP contribution >= 0.6 is 27.5 Å².